The van der Waals surface area contributed by atoms with Crippen LogP contribution in [0.3, 0.4) is 0 Å². The Hall–Kier alpha value is -0.900. The monoisotopic (exact) mass is 221 g/mol. The molecule has 0 bridgehead atoms. The Morgan fingerprint density at radius 2 is 2.06 bits per heavy atom. The van der Waals surface area contributed by atoms with Crippen molar-refractivity contribution in [2.24, 2.45) is 0 Å². The normalized spacial score (nSPS) is 26.6. The third kappa shape index (κ3) is 2.12. The van der Waals surface area contributed by atoms with Gasteiger partial charge in [0.1, 0.15) is 0 Å². The van der Waals surface area contributed by atoms with E-state index < -0.39 is 0 Å². The van der Waals surface area contributed by atoms with Crippen LogP contribution >= 0.6 is 0 Å². The molecule has 16 heavy (non-hydrogen) atoms. The number of nitrogens with zero attached hydrogens (tertiary/aromatic N) is 2. The van der Waals surface area contributed by atoms with Gasteiger partial charge in [-0.3, -0.25) is 0 Å². The van der Waals surface area contributed by atoms with Crippen molar-refractivity contribution in [1.82, 2.24) is 15.5 Å². The number of hydrogen-bond donors (Lipinski definition) is 1. The highest BCUT2D eigenvalue weighted by atomic mass is 16.5. The molecular formula is C12H19N3O. The second kappa shape index (κ2) is 4.53. The van der Waals surface area contributed by atoms with Crippen LogP contribution in [0.15, 0.2) is 4.52 Å². The third-order valence-electron chi connectivity index (χ3n) is 3.78. The highest BCUT2D eigenvalue weighted by Gasteiger charge is 2.24. The van der Waals surface area contributed by atoms with Gasteiger partial charge in [0, 0.05) is 18.4 Å². The maximum atomic E-state index is 5.37. The number of aromatic nitrogens is 2. The Kier molecular flexibility index (Phi) is 2.91. The summed E-state index contributed by atoms with van der Waals surface area (Å²) in [4.78, 5) is 4.54. The van der Waals surface area contributed by atoms with Crippen LogP contribution in [0, 0.1) is 0 Å². The highest BCUT2D eigenvalue weighted by Crippen LogP contribution is 2.32. The van der Waals surface area contributed by atoms with Crippen molar-refractivity contribution >= 4 is 0 Å². The average molecular weight is 221 g/mol. The number of rotatable bonds is 3. The minimum absolute atomic E-state index is 0.540. The lowest BCUT2D eigenvalue weighted by Crippen LogP contribution is -2.24. The first-order valence-electron chi connectivity index (χ1n) is 6.47. The summed E-state index contributed by atoms with van der Waals surface area (Å²) in [5.74, 6) is 2.31. The number of nitrogens with one attached hydrogen (secondary N) is 1. The number of hydrogen-bond acceptors (Lipinski definition) is 4. The fourth-order valence-corrected chi connectivity index (χ4v) is 2.84. The second-order valence-corrected chi connectivity index (χ2v) is 5.03. The molecule has 4 heteroatoms. The van der Waals surface area contributed by atoms with E-state index in [4.69, 9.17) is 4.52 Å². The molecule has 1 atom stereocenters. The average Bonchev–Trinajstić information content (AvgIpc) is 2.99. The minimum Gasteiger partial charge on any atom is -0.339 e. The lowest BCUT2D eigenvalue weighted by Gasteiger charge is -2.05. The van der Waals surface area contributed by atoms with Crippen molar-refractivity contribution in [2.75, 3.05) is 6.54 Å². The van der Waals surface area contributed by atoms with Crippen LogP contribution in [0.5, 0.6) is 0 Å². The van der Waals surface area contributed by atoms with E-state index >= 15 is 0 Å². The van der Waals surface area contributed by atoms with Gasteiger partial charge < -0.3 is 9.84 Å². The van der Waals surface area contributed by atoms with Crippen molar-refractivity contribution in [3.63, 3.8) is 0 Å². The summed E-state index contributed by atoms with van der Waals surface area (Å²) in [5.41, 5.74) is 0. The Bertz CT molecular complexity index is 338. The molecule has 88 valence electrons. The highest BCUT2D eigenvalue weighted by molar-refractivity contribution is 4.98. The molecule has 0 aromatic carbocycles. The quantitative estimate of drug-likeness (QED) is 0.848. The maximum Gasteiger partial charge on any atom is 0.229 e. The first-order chi connectivity index (χ1) is 7.92. The van der Waals surface area contributed by atoms with Crippen molar-refractivity contribution in [3.8, 4) is 0 Å². The SMILES string of the molecule is C1CNC(Cc2noc(C3CCCC3)n2)C1. The molecule has 2 aliphatic rings. The van der Waals surface area contributed by atoms with Crippen LogP contribution in [0.25, 0.3) is 0 Å². The first kappa shape index (κ1) is 10.3. The molecule has 3 rings (SSSR count). The topological polar surface area (TPSA) is 51.0 Å². The maximum absolute atomic E-state index is 5.37. The Balaban J connectivity index is 1.62. The van der Waals surface area contributed by atoms with E-state index in [0.29, 0.717) is 12.0 Å². The van der Waals surface area contributed by atoms with Gasteiger partial charge in [-0.1, -0.05) is 18.0 Å². The van der Waals surface area contributed by atoms with Gasteiger partial charge in [-0.2, -0.15) is 4.98 Å². The molecule has 1 unspecified atom stereocenters. The summed E-state index contributed by atoms with van der Waals surface area (Å²) in [5, 5.41) is 7.56. The fraction of sp³-hybridized carbons (Fsp3) is 0.833. The van der Waals surface area contributed by atoms with Crippen LogP contribution in [0.4, 0.5) is 0 Å². The molecule has 1 saturated heterocycles. The van der Waals surface area contributed by atoms with Crippen molar-refractivity contribution < 1.29 is 4.52 Å². The molecule has 1 saturated carbocycles. The molecule has 2 heterocycles. The Morgan fingerprint density at radius 3 is 2.81 bits per heavy atom. The van der Waals surface area contributed by atoms with Gasteiger partial charge in [0.05, 0.1) is 0 Å². The van der Waals surface area contributed by atoms with Gasteiger partial charge in [-0.25, -0.2) is 0 Å². The van der Waals surface area contributed by atoms with E-state index in [1.165, 1.54) is 38.5 Å². The molecular weight excluding hydrogens is 202 g/mol. The molecule has 0 radical (unpaired) electrons. The predicted octanol–water partition coefficient (Wildman–Crippen LogP) is 2.02. The van der Waals surface area contributed by atoms with Crippen LogP contribution in [0.1, 0.15) is 56.2 Å². The fourth-order valence-electron chi connectivity index (χ4n) is 2.84. The third-order valence-corrected chi connectivity index (χ3v) is 3.78. The van der Waals surface area contributed by atoms with Gasteiger partial charge >= 0.3 is 0 Å². The Morgan fingerprint density at radius 1 is 1.19 bits per heavy atom. The summed E-state index contributed by atoms with van der Waals surface area (Å²) in [6, 6.07) is 0.564. The largest absolute Gasteiger partial charge is 0.339 e. The van der Waals surface area contributed by atoms with Crippen LogP contribution in [0.2, 0.25) is 0 Å². The zero-order chi connectivity index (χ0) is 10.8. The van der Waals surface area contributed by atoms with E-state index in [1.807, 2.05) is 0 Å². The summed E-state index contributed by atoms with van der Waals surface area (Å²) >= 11 is 0. The van der Waals surface area contributed by atoms with Crippen molar-refractivity contribution in [3.05, 3.63) is 11.7 Å². The molecule has 1 aliphatic heterocycles. The summed E-state index contributed by atoms with van der Waals surface area (Å²) < 4.78 is 5.37. The molecule has 1 aliphatic carbocycles. The molecule has 4 nitrogen and oxygen atoms in total. The summed E-state index contributed by atoms with van der Waals surface area (Å²) in [6.07, 6.45) is 8.52. The Labute approximate surface area is 95.8 Å². The predicted molar refractivity (Wildman–Crippen MR) is 60.2 cm³/mol. The lowest BCUT2D eigenvalue weighted by molar-refractivity contribution is 0.349. The standard InChI is InChI=1S/C12H19N3O/c1-2-5-9(4-1)12-14-11(15-16-12)8-10-6-3-7-13-10/h9-10,13H,1-8H2. The van der Waals surface area contributed by atoms with E-state index in [0.717, 1.165) is 24.7 Å². The first-order valence-corrected chi connectivity index (χ1v) is 6.47. The van der Waals surface area contributed by atoms with Crippen LogP contribution in [-0.4, -0.2) is 22.7 Å². The molecule has 1 aromatic heterocycles. The van der Waals surface area contributed by atoms with Crippen molar-refractivity contribution in [1.29, 1.82) is 0 Å². The van der Waals surface area contributed by atoms with Gasteiger partial charge in [0.25, 0.3) is 0 Å². The molecule has 1 aromatic rings. The van der Waals surface area contributed by atoms with E-state index in [1.54, 1.807) is 0 Å². The van der Waals surface area contributed by atoms with Gasteiger partial charge in [0.2, 0.25) is 5.89 Å². The van der Waals surface area contributed by atoms with Gasteiger partial charge in [0.15, 0.2) is 5.82 Å². The van der Waals surface area contributed by atoms with Crippen molar-refractivity contribution in [2.45, 2.75) is 56.9 Å². The molecule has 0 spiro atoms. The van der Waals surface area contributed by atoms with E-state index in [-0.39, 0.29) is 0 Å². The zero-order valence-electron chi connectivity index (χ0n) is 9.61. The van der Waals surface area contributed by atoms with Crippen LogP contribution in [-0.2, 0) is 6.42 Å². The zero-order valence-corrected chi connectivity index (χ0v) is 9.61. The van der Waals surface area contributed by atoms with Gasteiger partial charge in [-0.05, 0) is 32.2 Å². The lowest BCUT2D eigenvalue weighted by atomic mass is 10.1. The summed E-state index contributed by atoms with van der Waals surface area (Å²) in [6.45, 7) is 1.14. The van der Waals surface area contributed by atoms with E-state index in [2.05, 4.69) is 15.5 Å². The van der Waals surface area contributed by atoms with Crippen LogP contribution < -0.4 is 5.32 Å². The molecule has 1 N–H and O–H groups in total. The smallest absolute Gasteiger partial charge is 0.229 e. The molecule has 2 fully saturated rings. The second-order valence-electron chi connectivity index (χ2n) is 5.03. The summed E-state index contributed by atoms with van der Waals surface area (Å²) in [7, 11) is 0. The molecule has 0 amide bonds. The van der Waals surface area contributed by atoms with Gasteiger partial charge in [-0.15, -0.1) is 0 Å². The van der Waals surface area contributed by atoms with E-state index in [9.17, 15) is 0 Å². The minimum atomic E-state index is 0.540.